The van der Waals surface area contributed by atoms with Crippen LogP contribution in [0.3, 0.4) is 0 Å². The van der Waals surface area contributed by atoms with Crippen LogP contribution in [0.5, 0.6) is 5.75 Å². The molecule has 0 aromatic carbocycles. The summed E-state index contributed by atoms with van der Waals surface area (Å²) < 4.78 is 5.12. The lowest BCUT2D eigenvalue weighted by molar-refractivity contribution is 0.0953. The maximum absolute atomic E-state index is 11.9. The average molecular weight is 291 g/mol. The highest BCUT2D eigenvalue weighted by Gasteiger charge is 2.16. The molecule has 18 heavy (non-hydrogen) atoms. The summed E-state index contributed by atoms with van der Waals surface area (Å²) in [7, 11) is 1.58. The molecule has 0 unspecified atom stereocenters. The van der Waals surface area contributed by atoms with E-state index in [-0.39, 0.29) is 18.3 Å². The Labute approximate surface area is 118 Å². The minimum Gasteiger partial charge on any atom is -0.495 e. The fourth-order valence-corrected chi connectivity index (χ4v) is 2.84. The molecule has 1 aliphatic rings. The molecular formula is C12H19ClN2O2S. The van der Waals surface area contributed by atoms with Crippen molar-refractivity contribution in [1.82, 2.24) is 10.6 Å². The number of thiophene rings is 1. The van der Waals surface area contributed by atoms with Gasteiger partial charge in [-0.2, -0.15) is 0 Å². The summed E-state index contributed by atoms with van der Waals surface area (Å²) in [5.41, 5.74) is 0. The average Bonchev–Trinajstić information content (AvgIpc) is 2.99. The third-order valence-electron chi connectivity index (χ3n) is 3.00. The van der Waals surface area contributed by atoms with Crippen LogP contribution in [0.15, 0.2) is 11.4 Å². The highest BCUT2D eigenvalue weighted by molar-refractivity contribution is 7.12. The molecule has 0 spiro atoms. The van der Waals surface area contributed by atoms with E-state index in [1.165, 1.54) is 24.2 Å². The maximum atomic E-state index is 11.9. The van der Waals surface area contributed by atoms with E-state index in [0.29, 0.717) is 16.7 Å². The largest absolute Gasteiger partial charge is 0.495 e. The lowest BCUT2D eigenvalue weighted by Gasteiger charge is -2.10. The van der Waals surface area contributed by atoms with Crippen LogP contribution < -0.4 is 15.4 Å². The molecule has 0 saturated carbocycles. The number of hydrogen-bond acceptors (Lipinski definition) is 4. The van der Waals surface area contributed by atoms with Gasteiger partial charge in [0.2, 0.25) is 0 Å². The monoisotopic (exact) mass is 290 g/mol. The number of hydrogen-bond donors (Lipinski definition) is 2. The number of ether oxygens (including phenoxy) is 1. The molecule has 1 saturated heterocycles. The first-order chi connectivity index (χ1) is 8.31. The zero-order valence-corrected chi connectivity index (χ0v) is 12.0. The summed E-state index contributed by atoms with van der Waals surface area (Å²) in [6, 6.07) is 2.39. The Balaban J connectivity index is 0.00000162. The Bertz CT molecular complexity index is 378. The van der Waals surface area contributed by atoms with Gasteiger partial charge in [-0.1, -0.05) is 0 Å². The number of carbonyl (C=O) groups excluding carboxylic acids is 1. The van der Waals surface area contributed by atoms with Crippen molar-refractivity contribution in [2.24, 2.45) is 0 Å². The molecule has 2 heterocycles. The molecule has 102 valence electrons. The Morgan fingerprint density at radius 2 is 2.50 bits per heavy atom. The van der Waals surface area contributed by atoms with E-state index in [2.05, 4.69) is 10.6 Å². The van der Waals surface area contributed by atoms with Gasteiger partial charge in [-0.05, 0) is 37.3 Å². The van der Waals surface area contributed by atoms with Gasteiger partial charge < -0.3 is 15.4 Å². The van der Waals surface area contributed by atoms with E-state index in [0.717, 1.165) is 19.5 Å². The van der Waals surface area contributed by atoms with E-state index >= 15 is 0 Å². The summed E-state index contributed by atoms with van der Waals surface area (Å²) >= 11 is 1.41. The molecule has 4 nitrogen and oxygen atoms in total. The van der Waals surface area contributed by atoms with E-state index in [1.54, 1.807) is 7.11 Å². The van der Waals surface area contributed by atoms with Gasteiger partial charge in [0.25, 0.3) is 5.91 Å². The SMILES string of the molecule is COc1ccsc1C(=O)NCC[C@H]1CCCN1.Cl. The highest BCUT2D eigenvalue weighted by Crippen LogP contribution is 2.23. The molecule has 0 aliphatic carbocycles. The summed E-state index contributed by atoms with van der Waals surface area (Å²) in [4.78, 5) is 12.5. The number of amides is 1. The number of nitrogens with one attached hydrogen (secondary N) is 2. The first-order valence-corrected chi connectivity index (χ1v) is 6.82. The van der Waals surface area contributed by atoms with Crippen molar-refractivity contribution in [2.45, 2.75) is 25.3 Å². The number of halogens is 1. The molecule has 0 radical (unpaired) electrons. The number of carbonyl (C=O) groups is 1. The molecule has 6 heteroatoms. The first kappa shape index (κ1) is 15.3. The molecular weight excluding hydrogens is 272 g/mol. The van der Waals surface area contributed by atoms with E-state index in [4.69, 9.17) is 4.74 Å². The molecule has 1 aromatic rings. The van der Waals surface area contributed by atoms with Gasteiger partial charge in [0, 0.05) is 12.6 Å². The summed E-state index contributed by atoms with van der Waals surface area (Å²) in [6.45, 7) is 1.83. The van der Waals surface area contributed by atoms with E-state index < -0.39 is 0 Å². The molecule has 1 fully saturated rings. The van der Waals surface area contributed by atoms with Crippen molar-refractivity contribution in [3.8, 4) is 5.75 Å². The first-order valence-electron chi connectivity index (χ1n) is 5.94. The van der Waals surface area contributed by atoms with Gasteiger partial charge in [-0.15, -0.1) is 23.7 Å². The van der Waals surface area contributed by atoms with Gasteiger partial charge in [-0.25, -0.2) is 0 Å². The second-order valence-corrected chi connectivity index (χ2v) is 5.07. The zero-order valence-electron chi connectivity index (χ0n) is 10.4. The molecule has 0 bridgehead atoms. The van der Waals surface area contributed by atoms with Gasteiger partial charge in [0.15, 0.2) is 0 Å². The zero-order chi connectivity index (χ0) is 12.1. The van der Waals surface area contributed by atoms with Crippen LogP contribution in [-0.2, 0) is 0 Å². The summed E-state index contributed by atoms with van der Waals surface area (Å²) in [5.74, 6) is 0.626. The lowest BCUT2D eigenvalue weighted by Crippen LogP contribution is -2.30. The van der Waals surface area contributed by atoms with Crippen molar-refractivity contribution < 1.29 is 9.53 Å². The minimum absolute atomic E-state index is 0. The topological polar surface area (TPSA) is 50.4 Å². The third-order valence-corrected chi connectivity index (χ3v) is 3.89. The van der Waals surface area contributed by atoms with E-state index in [1.807, 2.05) is 11.4 Å². The van der Waals surface area contributed by atoms with Crippen LogP contribution in [0.25, 0.3) is 0 Å². The van der Waals surface area contributed by atoms with Gasteiger partial charge in [-0.3, -0.25) is 4.79 Å². The second-order valence-electron chi connectivity index (χ2n) is 4.16. The Hall–Kier alpha value is -0.780. The maximum Gasteiger partial charge on any atom is 0.265 e. The van der Waals surface area contributed by atoms with Crippen molar-refractivity contribution >= 4 is 29.7 Å². The van der Waals surface area contributed by atoms with Crippen molar-refractivity contribution in [1.29, 1.82) is 0 Å². The molecule has 1 aliphatic heterocycles. The van der Waals surface area contributed by atoms with Crippen LogP contribution in [0.1, 0.15) is 28.9 Å². The Kier molecular flexibility index (Phi) is 6.46. The van der Waals surface area contributed by atoms with Crippen LogP contribution in [0, 0.1) is 0 Å². The molecule has 1 aromatic heterocycles. The highest BCUT2D eigenvalue weighted by atomic mass is 35.5. The minimum atomic E-state index is -0.0325. The molecule has 1 atom stereocenters. The van der Waals surface area contributed by atoms with Crippen LogP contribution in [-0.4, -0.2) is 32.1 Å². The Morgan fingerprint density at radius 3 is 3.17 bits per heavy atom. The molecule has 2 rings (SSSR count). The number of rotatable bonds is 5. The van der Waals surface area contributed by atoms with Crippen LogP contribution in [0.4, 0.5) is 0 Å². The Morgan fingerprint density at radius 1 is 1.67 bits per heavy atom. The fourth-order valence-electron chi connectivity index (χ4n) is 2.07. The fraction of sp³-hybridized carbons (Fsp3) is 0.583. The van der Waals surface area contributed by atoms with Gasteiger partial charge >= 0.3 is 0 Å². The van der Waals surface area contributed by atoms with Crippen molar-refractivity contribution in [2.75, 3.05) is 20.2 Å². The van der Waals surface area contributed by atoms with Gasteiger partial charge in [0.05, 0.1) is 7.11 Å². The summed E-state index contributed by atoms with van der Waals surface area (Å²) in [5, 5.41) is 8.22. The predicted octanol–water partition coefficient (Wildman–Crippen LogP) is 2.05. The van der Waals surface area contributed by atoms with E-state index in [9.17, 15) is 4.79 Å². The predicted molar refractivity (Wildman–Crippen MR) is 76.1 cm³/mol. The quantitative estimate of drug-likeness (QED) is 0.873. The standard InChI is InChI=1S/C12H18N2O2S.ClH/c1-16-10-5-8-17-11(10)12(15)14-7-4-9-3-2-6-13-9;/h5,8-9,13H,2-4,6-7H2,1H3,(H,14,15);1H/t9-;/m1./s1. The normalized spacial score (nSPS) is 18.2. The lowest BCUT2D eigenvalue weighted by atomic mass is 10.1. The van der Waals surface area contributed by atoms with Gasteiger partial charge in [0.1, 0.15) is 10.6 Å². The van der Waals surface area contributed by atoms with Crippen molar-refractivity contribution in [3.05, 3.63) is 16.3 Å². The van der Waals surface area contributed by atoms with Crippen LogP contribution in [0.2, 0.25) is 0 Å². The second kappa shape index (κ2) is 7.61. The number of methoxy groups -OCH3 is 1. The van der Waals surface area contributed by atoms with Crippen LogP contribution >= 0.6 is 23.7 Å². The smallest absolute Gasteiger partial charge is 0.265 e. The summed E-state index contributed by atoms with van der Waals surface area (Å²) in [6.07, 6.45) is 3.47. The molecule has 2 N–H and O–H groups in total. The van der Waals surface area contributed by atoms with Crippen molar-refractivity contribution in [3.63, 3.8) is 0 Å². The third kappa shape index (κ3) is 3.86. The molecule has 1 amide bonds.